The summed E-state index contributed by atoms with van der Waals surface area (Å²) in [6, 6.07) is 4.71. The van der Waals surface area contributed by atoms with Gasteiger partial charge >= 0.3 is 17.9 Å². The third-order valence-electron chi connectivity index (χ3n) is 7.14. The number of nitrogens with one attached hydrogen (secondary N) is 1. The number of ether oxygens (including phenoxy) is 1. The average Bonchev–Trinajstić information content (AvgIpc) is 3.32. The van der Waals surface area contributed by atoms with Crippen molar-refractivity contribution in [3.8, 4) is 17.1 Å². The second-order valence-electron chi connectivity index (χ2n) is 11.6. The molecule has 1 fully saturated rings. The van der Waals surface area contributed by atoms with E-state index in [0.717, 1.165) is 12.1 Å². The summed E-state index contributed by atoms with van der Waals surface area (Å²) < 4.78 is 35.4. The number of Topliss-reactive ketones (excluding diaryl/α,β-unsaturated/α-hetero) is 1. The van der Waals surface area contributed by atoms with Gasteiger partial charge in [0.1, 0.15) is 22.9 Å². The summed E-state index contributed by atoms with van der Waals surface area (Å²) in [6.45, 7) is 9.54. The molecule has 0 spiro atoms. The van der Waals surface area contributed by atoms with E-state index in [2.05, 4.69) is 15.0 Å². The number of aliphatic hydroxyl groups is 1. The monoisotopic (exact) mass is 724 g/mol. The van der Waals surface area contributed by atoms with Gasteiger partial charge in [-0.3, -0.25) is 19.1 Å². The zero-order valence-electron chi connectivity index (χ0n) is 28.8. The van der Waals surface area contributed by atoms with E-state index in [1.807, 2.05) is 20.9 Å². The molecular formula is C31H44N6O12S. The Kier molecular flexibility index (Phi) is 14.7. The van der Waals surface area contributed by atoms with Crippen LogP contribution in [0.3, 0.4) is 0 Å². The summed E-state index contributed by atoms with van der Waals surface area (Å²) in [7, 11) is -0.00831. The SMILES string of the molecule is CC(C)=O.CCCc1nn(C)c2c(=O)[nH]c(-c3cc(S(=O)(=O)N4CCN(C)CC4)ccc3OCC)nc12.O=C(O)CC(O)(CC(=O)O)C(=O)O. The summed E-state index contributed by atoms with van der Waals surface area (Å²) in [4.78, 5) is 62.6. The van der Waals surface area contributed by atoms with Gasteiger partial charge in [-0.05, 0) is 52.4 Å². The molecule has 0 radical (unpaired) electrons. The first-order chi connectivity index (χ1) is 23.3. The number of H-pyrrole nitrogens is 1. The molecule has 1 aliphatic rings. The third kappa shape index (κ3) is 10.9. The van der Waals surface area contributed by atoms with E-state index in [0.29, 0.717) is 61.6 Å². The molecule has 19 heteroatoms. The van der Waals surface area contributed by atoms with Crippen LogP contribution in [-0.4, -0.2) is 127 Å². The zero-order chi connectivity index (χ0) is 38.0. The van der Waals surface area contributed by atoms with Crippen molar-refractivity contribution < 1.29 is 52.8 Å². The molecule has 2 aromatic heterocycles. The van der Waals surface area contributed by atoms with Crippen molar-refractivity contribution in [2.75, 3.05) is 39.8 Å². The number of aromatic nitrogens is 4. The molecule has 3 aromatic rings. The second-order valence-corrected chi connectivity index (χ2v) is 13.6. The van der Waals surface area contributed by atoms with Crippen molar-refractivity contribution >= 4 is 44.7 Å². The fraction of sp³-hybridized carbons (Fsp3) is 0.516. The summed E-state index contributed by atoms with van der Waals surface area (Å²) in [5.74, 6) is -4.13. The van der Waals surface area contributed by atoms with Crippen molar-refractivity contribution in [1.29, 1.82) is 0 Å². The Balaban J connectivity index is 0.000000426. The maximum atomic E-state index is 13.3. The van der Waals surface area contributed by atoms with Crippen LogP contribution in [0.5, 0.6) is 5.75 Å². The fourth-order valence-corrected chi connectivity index (χ4v) is 6.26. The van der Waals surface area contributed by atoms with Crippen LogP contribution in [-0.2, 0) is 42.7 Å². The Morgan fingerprint density at radius 1 is 0.980 bits per heavy atom. The van der Waals surface area contributed by atoms with Gasteiger partial charge in [-0.25, -0.2) is 18.2 Å². The summed E-state index contributed by atoms with van der Waals surface area (Å²) >= 11 is 0. The molecule has 3 heterocycles. The highest BCUT2D eigenvalue weighted by atomic mass is 32.2. The predicted octanol–water partition coefficient (Wildman–Crippen LogP) is 0.958. The normalized spacial score (nSPS) is 13.8. The van der Waals surface area contributed by atoms with Gasteiger partial charge < -0.3 is 39.8 Å². The fourth-order valence-electron chi connectivity index (χ4n) is 4.81. The molecule has 1 saturated heterocycles. The number of carboxylic acid groups (broad SMARTS) is 3. The number of nitrogens with zero attached hydrogens (tertiary/aromatic N) is 5. The minimum absolute atomic E-state index is 0.147. The van der Waals surface area contributed by atoms with Crippen LogP contribution in [0.2, 0.25) is 0 Å². The maximum absolute atomic E-state index is 13.3. The van der Waals surface area contributed by atoms with Gasteiger partial charge in [0.25, 0.3) is 5.56 Å². The molecule has 0 saturated carbocycles. The largest absolute Gasteiger partial charge is 0.493 e. The molecule has 1 aliphatic heterocycles. The lowest BCUT2D eigenvalue weighted by molar-refractivity contribution is -0.170. The number of aliphatic carboxylic acids is 3. The summed E-state index contributed by atoms with van der Waals surface area (Å²) in [6.07, 6.45) is -0.745. The van der Waals surface area contributed by atoms with Crippen LogP contribution in [0.25, 0.3) is 22.4 Å². The number of benzene rings is 1. The van der Waals surface area contributed by atoms with Crippen LogP contribution in [0, 0.1) is 0 Å². The quantitative estimate of drug-likeness (QED) is 0.174. The maximum Gasteiger partial charge on any atom is 0.336 e. The lowest BCUT2D eigenvalue weighted by Gasteiger charge is -2.31. The number of rotatable bonds is 12. The van der Waals surface area contributed by atoms with E-state index >= 15 is 0 Å². The molecule has 0 bridgehead atoms. The zero-order valence-corrected chi connectivity index (χ0v) is 29.6. The smallest absolute Gasteiger partial charge is 0.336 e. The first kappa shape index (κ1) is 41.5. The summed E-state index contributed by atoms with van der Waals surface area (Å²) in [5.41, 5.74) is -0.993. The minimum atomic E-state index is -3.70. The van der Waals surface area contributed by atoms with E-state index in [9.17, 15) is 32.4 Å². The molecular weight excluding hydrogens is 680 g/mol. The Hall–Kier alpha value is -4.72. The predicted molar refractivity (Wildman–Crippen MR) is 179 cm³/mol. The van der Waals surface area contributed by atoms with Crippen molar-refractivity contribution in [3.05, 3.63) is 34.2 Å². The highest BCUT2D eigenvalue weighted by Crippen LogP contribution is 2.32. The molecule has 4 rings (SSSR count). The number of carbonyl (C=O) groups is 4. The van der Waals surface area contributed by atoms with Gasteiger partial charge in [0.2, 0.25) is 10.0 Å². The molecule has 1 aromatic carbocycles. The standard InChI is InChI=1S/C22H30N6O4S.C6H8O7.C3H6O/c1-5-7-17-19-20(27(4)25-17)22(29)24-21(23-19)16-14-15(8-9-18(16)32-6-2)33(30,31)28-12-10-26(3)11-13-28;7-3(8)1-6(13,5(11)12)2-4(9)10;1-3(2)4/h8-9,14H,5-7,10-13H2,1-4H3,(H,23,24,29);13H,1-2H2,(H,7,8)(H,9,10)(H,11,12);1-2H3. The molecule has 18 nitrogen and oxygen atoms in total. The lowest BCUT2D eigenvalue weighted by atomic mass is 9.96. The Bertz CT molecular complexity index is 1840. The minimum Gasteiger partial charge on any atom is -0.493 e. The highest BCUT2D eigenvalue weighted by Gasteiger charge is 2.40. The number of aryl methyl sites for hydroxylation is 2. The van der Waals surface area contributed by atoms with Crippen molar-refractivity contribution in [1.82, 2.24) is 29.0 Å². The molecule has 50 heavy (non-hydrogen) atoms. The molecule has 0 amide bonds. The van der Waals surface area contributed by atoms with Gasteiger partial charge in [-0.15, -0.1) is 0 Å². The van der Waals surface area contributed by atoms with E-state index in [1.165, 1.54) is 22.8 Å². The Morgan fingerprint density at radius 2 is 1.54 bits per heavy atom. The van der Waals surface area contributed by atoms with Crippen LogP contribution >= 0.6 is 0 Å². The Morgan fingerprint density at radius 3 is 2.02 bits per heavy atom. The van der Waals surface area contributed by atoms with Gasteiger partial charge in [0.15, 0.2) is 11.1 Å². The molecule has 276 valence electrons. The summed E-state index contributed by atoms with van der Waals surface area (Å²) in [5, 5.41) is 38.3. The first-order valence-corrected chi connectivity index (χ1v) is 17.0. The van der Waals surface area contributed by atoms with Gasteiger partial charge in [0.05, 0.1) is 35.6 Å². The van der Waals surface area contributed by atoms with E-state index in [1.54, 1.807) is 25.2 Å². The number of sulfonamides is 1. The topological polar surface area (TPSA) is 263 Å². The van der Waals surface area contributed by atoms with Crippen LogP contribution < -0.4 is 10.3 Å². The number of fused-ring (bicyclic) bond motifs is 1. The number of piperazine rings is 1. The van der Waals surface area contributed by atoms with E-state index in [4.69, 9.17) is 30.1 Å². The van der Waals surface area contributed by atoms with Gasteiger partial charge in [-0.2, -0.15) is 9.40 Å². The number of ketones is 1. The van der Waals surface area contributed by atoms with Crippen molar-refractivity contribution in [2.45, 2.75) is 63.9 Å². The third-order valence-corrected chi connectivity index (χ3v) is 9.04. The molecule has 5 N–H and O–H groups in total. The molecule has 0 aliphatic carbocycles. The number of carbonyl (C=O) groups excluding carboxylic acids is 1. The number of aromatic amines is 1. The highest BCUT2D eigenvalue weighted by molar-refractivity contribution is 7.89. The van der Waals surface area contributed by atoms with Gasteiger partial charge in [0, 0.05) is 33.2 Å². The lowest BCUT2D eigenvalue weighted by Crippen LogP contribution is -2.47. The van der Waals surface area contributed by atoms with Crippen molar-refractivity contribution in [2.24, 2.45) is 7.05 Å². The number of likely N-dealkylation sites (N-methyl/N-ethyl adjacent to an activating group) is 1. The number of hydrogen-bond donors (Lipinski definition) is 5. The van der Waals surface area contributed by atoms with Crippen LogP contribution in [0.15, 0.2) is 27.9 Å². The van der Waals surface area contributed by atoms with Crippen LogP contribution in [0.1, 0.15) is 52.7 Å². The van der Waals surface area contributed by atoms with Gasteiger partial charge in [-0.1, -0.05) is 13.3 Å². The van der Waals surface area contributed by atoms with Crippen molar-refractivity contribution in [3.63, 3.8) is 0 Å². The number of hydrogen-bond acceptors (Lipinski definition) is 12. The van der Waals surface area contributed by atoms with E-state index in [-0.39, 0.29) is 22.1 Å². The molecule has 0 atom stereocenters. The second kappa shape index (κ2) is 17.8. The average molecular weight is 725 g/mol. The Labute approximate surface area is 288 Å². The number of carboxylic acids is 3. The first-order valence-electron chi connectivity index (χ1n) is 15.6. The van der Waals surface area contributed by atoms with E-state index < -0.39 is 46.4 Å². The molecule has 0 unspecified atom stereocenters. The van der Waals surface area contributed by atoms with Crippen LogP contribution in [0.4, 0.5) is 0 Å².